The van der Waals surface area contributed by atoms with E-state index in [0.29, 0.717) is 40.1 Å². The Kier molecular flexibility index (Phi) is 8.88. The molecule has 0 radical (unpaired) electrons. The van der Waals surface area contributed by atoms with Crippen LogP contribution in [0.1, 0.15) is 77.1 Å². The van der Waals surface area contributed by atoms with Crippen molar-refractivity contribution in [3.05, 3.63) is 60.4 Å². The van der Waals surface area contributed by atoms with Crippen LogP contribution in [0, 0.1) is 23.7 Å². The van der Waals surface area contributed by atoms with Crippen LogP contribution in [0.3, 0.4) is 0 Å². The average Bonchev–Trinajstić information content (AvgIpc) is 3.82. The normalized spacial score (nSPS) is 24.4. The van der Waals surface area contributed by atoms with Gasteiger partial charge in [0.15, 0.2) is 0 Å². The predicted octanol–water partition coefficient (Wildman–Crippen LogP) is 5.56. The number of hydrogen-bond donors (Lipinski definition) is 5. The first kappa shape index (κ1) is 36.6. The predicted molar refractivity (Wildman–Crippen MR) is 208 cm³/mol. The van der Waals surface area contributed by atoms with Crippen molar-refractivity contribution in [2.45, 2.75) is 89.6 Å². The van der Waals surface area contributed by atoms with E-state index in [1.54, 1.807) is 12.4 Å². The van der Waals surface area contributed by atoms with Gasteiger partial charge in [-0.05, 0) is 84.7 Å². The number of hydrogen-bond acceptors (Lipinski definition) is 9. The minimum absolute atomic E-state index is 0.0954. The van der Waals surface area contributed by atoms with E-state index in [2.05, 4.69) is 20.6 Å². The molecule has 0 bridgehead atoms. The minimum Gasteiger partial charge on any atom is -0.465 e. The molecule has 2 saturated heterocycles. The topological polar surface area (TPSA) is 211 Å². The van der Waals surface area contributed by atoms with Crippen LogP contribution in [-0.4, -0.2) is 100 Å². The lowest BCUT2D eigenvalue weighted by Crippen LogP contribution is -2.52. The van der Waals surface area contributed by atoms with Crippen LogP contribution in [-0.2, 0) is 14.3 Å². The summed E-state index contributed by atoms with van der Waals surface area (Å²) < 4.78 is 4.80. The number of piperidine rings is 2. The Bertz CT molecular complexity index is 2420. The molecule has 2 aliphatic heterocycles. The number of aromatic nitrogens is 6. The highest BCUT2D eigenvalue weighted by Gasteiger charge is 2.57. The summed E-state index contributed by atoms with van der Waals surface area (Å²) >= 11 is 0. The molecule has 16 heteroatoms. The molecule has 2 aliphatic carbocycles. The van der Waals surface area contributed by atoms with Gasteiger partial charge in [0.1, 0.15) is 35.1 Å². The summed E-state index contributed by atoms with van der Waals surface area (Å²) in [6.45, 7) is 7.50. The number of alkyl carbamates (subject to hydrolysis) is 1. The second kappa shape index (κ2) is 13.8. The number of ether oxygens (including phenoxy) is 1. The molecular formula is C41H46N10O6. The van der Waals surface area contributed by atoms with Crippen LogP contribution in [0.5, 0.6) is 0 Å². The van der Waals surface area contributed by atoms with Gasteiger partial charge in [0.2, 0.25) is 11.8 Å². The molecule has 0 unspecified atom stereocenters. The van der Waals surface area contributed by atoms with Gasteiger partial charge < -0.3 is 40.2 Å². The molecule has 16 nitrogen and oxygen atoms in total. The van der Waals surface area contributed by atoms with Crippen molar-refractivity contribution in [3.63, 3.8) is 0 Å². The van der Waals surface area contributed by atoms with Gasteiger partial charge in [-0.25, -0.2) is 24.5 Å². The Labute approximate surface area is 328 Å². The fourth-order valence-corrected chi connectivity index (χ4v) is 9.02. The SMILES string of the molecule is COC(=O)N[C@H](C(=O)N1[C@@H]2C[C@H]2C[C@H]1c1nc2cc(-c3ccc4nc(-c5c[nH]c([C@@H]6C[C@H]7C[C@H]7N6C(=O)[C@@H](NC(=O)O)C(C)C)n5)cnc4c3)ccc2[nH]1)C(C)C. The van der Waals surface area contributed by atoms with Crippen molar-refractivity contribution in [3.8, 4) is 22.5 Å². The highest BCUT2D eigenvalue weighted by molar-refractivity contribution is 5.89. The maximum Gasteiger partial charge on any atom is 0.407 e. The third-order valence-electron chi connectivity index (χ3n) is 12.2. The number of H-pyrrole nitrogens is 2. The summed E-state index contributed by atoms with van der Waals surface area (Å²) in [5.41, 5.74) is 6.19. The van der Waals surface area contributed by atoms with E-state index in [1.807, 2.05) is 73.9 Å². The molecule has 9 rings (SSSR count). The summed E-state index contributed by atoms with van der Waals surface area (Å²) in [7, 11) is 1.29. The number of benzene rings is 2. The minimum atomic E-state index is -1.22. The fourth-order valence-electron chi connectivity index (χ4n) is 9.02. The molecule has 2 aromatic carbocycles. The molecule has 57 heavy (non-hydrogen) atoms. The van der Waals surface area contributed by atoms with E-state index in [1.165, 1.54) is 7.11 Å². The Morgan fingerprint density at radius 2 is 1.37 bits per heavy atom. The number of nitrogens with one attached hydrogen (secondary N) is 4. The van der Waals surface area contributed by atoms with E-state index in [9.17, 15) is 24.3 Å². The number of imidazole rings is 2. The lowest BCUT2D eigenvalue weighted by atomic mass is 10.0. The number of rotatable bonds is 10. The molecule has 5 heterocycles. The fraction of sp³-hybridized carbons (Fsp3) is 0.463. The zero-order valence-electron chi connectivity index (χ0n) is 32.4. The number of carboxylic acid groups (broad SMARTS) is 1. The zero-order chi connectivity index (χ0) is 39.9. The number of likely N-dealkylation sites (tertiary alicyclic amines) is 2. The molecule has 4 amide bonds. The molecule has 0 spiro atoms. The number of nitrogens with zero attached hydrogens (tertiary/aromatic N) is 6. The number of carbonyl (C=O) groups excluding carboxylic acids is 3. The third-order valence-corrected chi connectivity index (χ3v) is 12.2. The largest absolute Gasteiger partial charge is 0.465 e. The molecule has 5 aromatic rings. The highest BCUT2D eigenvalue weighted by Crippen LogP contribution is 2.54. The molecule has 296 valence electrons. The van der Waals surface area contributed by atoms with Crippen LogP contribution in [0.25, 0.3) is 44.6 Å². The third kappa shape index (κ3) is 6.59. The Balaban J connectivity index is 0.927. The van der Waals surface area contributed by atoms with Crippen LogP contribution < -0.4 is 10.6 Å². The molecule has 5 N–H and O–H groups in total. The van der Waals surface area contributed by atoms with Gasteiger partial charge in [-0.2, -0.15) is 0 Å². The van der Waals surface area contributed by atoms with E-state index in [-0.39, 0.29) is 47.8 Å². The van der Waals surface area contributed by atoms with E-state index < -0.39 is 24.3 Å². The van der Waals surface area contributed by atoms with Crippen LogP contribution in [0.15, 0.2) is 48.8 Å². The van der Waals surface area contributed by atoms with E-state index in [4.69, 9.17) is 24.7 Å². The van der Waals surface area contributed by atoms with E-state index in [0.717, 1.165) is 53.7 Å². The Hall–Kier alpha value is -6.06. The first-order valence-electron chi connectivity index (χ1n) is 19.7. The standard InChI is InChI=1S/C41H46N10O6/c1-18(2)34(48-40(54)55)38(52)50-30-12-22(30)14-32(50)36-43-17-29(47-36)28-16-42-26-10-20(6-8-24(26)44-28)21-7-9-25-27(11-21)46-37(45-25)33-15-23-13-31(23)51(33)39(53)35(19(3)4)49-41(56)57-5/h6-11,16-19,22-23,30-35,48H,12-15H2,1-5H3,(H,43,47)(H,45,46)(H,49,56)(H,54,55)/t22-,23+,30-,31-,32+,33+,34+,35+/m1/s1. The second-order valence-electron chi connectivity index (χ2n) is 16.6. The maximum absolute atomic E-state index is 13.9. The van der Waals surface area contributed by atoms with Gasteiger partial charge in [-0.15, -0.1) is 0 Å². The second-order valence-corrected chi connectivity index (χ2v) is 16.6. The molecule has 3 aromatic heterocycles. The number of amides is 4. The monoisotopic (exact) mass is 774 g/mol. The van der Waals surface area contributed by atoms with Crippen LogP contribution in [0.2, 0.25) is 0 Å². The summed E-state index contributed by atoms with van der Waals surface area (Å²) in [5, 5.41) is 14.5. The van der Waals surface area contributed by atoms with Gasteiger partial charge in [-0.1, -0.05) is 39.8 Å². The number of methoxy groups -OCH3 is 1. The van der Waals surface area contributed by atoms with Crippen molar-refractivity contribution in [2.75, 3.05) is 7.11 Å². The summed E-state index contributed by atoms with van der Waals surface area (Å²) in [4.78, 5) is 81.0. The van der Waals surface area contributed by atoms with Gasteiger partial charge >= 0.3 is 12.2 Å². The summed E-state index contributed by atoms with van der Waals surface area (Å²) in [6.07, 6.45) is 5.10. The molecule has 2 saturated carbocycles. The molecule has 4 fully saturated rings. The molecule has 8 atom stereocenters. The quantitative estimate of drug-likeness (QED) is 0.119. The van der Waals surface area contributed by atoms with Gasteiger partial charge in [0, 0.05) is 18.3 Å². The lowest BCUT2D eigenvalue weighted by Gasteiger charge is -2.31. The first-order valence-corrected chi connectivity index (χ1v) is 19.7. The van der Waals surface area contributed by atoms with Crippen LogP contribution in [0.4, 0.5) is 9.59 Å². The van der Waals surface area contributed by atoms with Crippen molar-refractivity contribution in [2.24, 2.45) is 23.7 Å². The first-order chi connectivity index (χ1) is 27.4. The zero-order valence-corrected chi connectivity index (χ0v) is 32.4. The maximum atomic E-state index is 13.9. The molecular weight excluding hydrogens is 729 g/mol. The van der Waals surface area contributed by atoms with E-state index >= 15 is 0 Å². The number of fused-ring (bicyclic) bond motifs is 4. The van der Waals surface area contributed by atoms with Crippen molar-refractivity contribution >= 4 is 46.1 Å². The summed E-state index contributed by atoms with van der Waals surface area (Å²) in [5.74, 6) is 1.55. The smallest absolute Gasteiger partial charge is 0.407 e. The van der Waals surface area contributed by atoms with Crippen molar-refractivity contribution in [1.29, 1.82) is 0 Å². The van der Waals surface area contributed by atoms with Gasteiger partial charge in [0.25, 0.3) is 0 Å². The summed E-state index contributed by atoms with van der Waals surface area (Å²) in [6, 6.07) is 10.2. The lowest BCUT2D eigenvalue weighted by molar-refractivity contribution is -0.137. The Morgan fingerprint density at radius 1 is 0.754 bits per heavy atom. The highest BCUT2D eigenvalue weighted by atomic mass is 16.5. The van der Waals surface area contributed by atoms with Crippen molar-refractivity contribution < 1.29 is 29.0 Å². The average molecular weight is 775 g/mol. The van der Waals surface area contributed by atoms with Crippen LogP contribution >= 0.6 is 0 Å². The number of aromatic amines is 2. The van der Waals surface area contributed by atoms with Gasteiger partial charge in [-0.3, -0.25) is 14.6 Å². The number of carbonyl (C=O) groups is 4. The van der Waals surface area contributed by atoms with Gasteiger partial charge in [0.05, 0.1) is 47.5 Å². The Morgan fingerprint density at radius 3 is 2.00 bits per heavy atom. The van der Waals surface area contributed by atoms with Crippen molar-refractivity contribution in [1.82, 2.24) is 50.3 Å². The molecule has 4 aliphatic rings.